The molecule has 0 saturated carbocycles. The van der Waals surface area contributed by atoms with Crippen LogP contribution in [-0.4, -0.2) is 47.6 Å². The molecule has 0 aliphatic carbocycles. The molecule has 16 heavy (non-hydrogen) atoms. The molecule has 0 bridgehead atoms. The van der Waals surface area contributed by atoms with Crippen molar-refractivity contribution in [3.63, 3.8) is 0 Å². The number of carboxylic acids is 1. The molecule has 5 heteroatoms. The molecule has 0 aliphatic rings. The molecule has 0 radical (unpaired) electrons. The van der Waals surface area contributed by atoms with Gasteiger partial charge in [0.05, 0.1) is 5.69 Å². The number of carbonyl (C=O) groups is 1. The minimum atomic E-state index is -1.01. The van der Waals surface area contributed by atoms with Crippen LogP contribution in [0.15, 0.2) is 18.3 Å². The van der Waals surface area contributed by atoms with Crippen LogP contribution in [0, 0.1) is 0 Å². The average molecular weight is 223 g/mol. The van der Waals surface area contributed by atoms with E-state index in [9.17, 15) is 4.79 Å². The third kappa shape index (κ3) is 3.51. The highest BCUT2D eigenvalue weighted by atomic mass is 16.4. The zero-order valence-corrected chi connectivity index (χ0v) is 9.60. The van der Waals surface area contributed by atoms with Crippen LogP contribution in [0.4, 0.5) is 5.69 Å². The second-order valence-electron chi connectivity index (χ2n) is 3.53. The van der Waals surface area contributed by atoms with E-state index in [2.05, 4.69) is 22.1 Å². The highest BCUT2D eigenvalue weighted by Gasteiger charge is 2.09. The number of hydrogen-bond donors (Lipinski definition) is 2. The lowest BCUT2D eigenvalue weighted by Gasteiger charge is -2.15. The maximum Gasteiger partial charge on any atom is 0.356 e. The molecule has 0 aromatic carbocycles. The Bertz CT molecular complexity index is 355. The van der Waals surface area contributed by atoms with E-state index >= 15 is 0 Å². The van der Waals surface area contributed by atoms with E-state index in [0.717, 1.165) is 13.1 Å². The first kappa shape index (κ1) is 12.4. The zero-order valence-electron chi connectivity index (χ0n) is 9.60. The fraction of sp³-hybridized carbons (Fsp3) is 0.455. The summed E-state index contributed by atoms with van der Waals surface area (Å²) in [7, 11) is 2.02. The number of nitrogens with zero attached hydrogens (tertiary/aromatic N) is 2. The van der Waals surface area contributed by atoms with E-state index in [1.54, 1.807) is 12.1 Å². The number of aromatic carboxylic acids is 1. The average Bonchev–Trinajstić information content (AvgIpc) is 2.29. The normalized spacial score (nSPS) is 10.4. The van der Waals surface area contributed by atoms with Crippen LogP contribution < -0.4 is 5.32 Å². The van der Waals surface area contributed by atoms with Gasteiger partial charge in [-0.25, -0.2) is 9.78 Å². The lowest BCUT2D eigenvalue weighted by Crippen LogP contribution is -2.25. The van der Waals surface area contributed by atoms with Crippen molar-refractivity contribution in [3.8, 4) is 0 Å². The molecule has 2 N–H and O–H groups in total. The van der Waals surface area contributed by atoms with Crippen molar-refractivity contribution in [1.29, 1.82) is 0 Å². The molecule has 0 amide bonds. The van der Waals surface area contributed by atoms with E-state index in [0.29, 0.717) is 12.2 Å². The lowest BCUT2D eigenvalue weighted by atomic mass is 10.3. The second kappa shape index (κ2) is 6.07. The van der Waals surface area contributed by atoms with Crippen LogP contribution in [-0.2, 0) is 0 Å². The lowest BCUT2D eigenvalue weighted by molar-refractivity contribution is 0.0691. The van der Waals surface area contributed by atoms with Gasteiger partial charge in [0, 0.05) is 19.3 Å². The summed E-state index contributed by atoms with van der Waals surface area (Å²) in [6.07, 6.45) is 1.48. The fourth-order valence-electron chi connectivity index (χ4n) is 1.26. The van der Waals surface area contributed by atoms with Crippen molar-refractivity contribution in [2.45, 2.75) is 6.92 Å². The van der Waals surface area contributed by atoms with Crippen molar-refractivity contribution < 1.29 is 9.90 Å². The maximum absolute atomic E-state index is 10.9. The maximum atomic E-state index is 10.9. The Labute approximate surface area is 95.1 Å². The van der Waals surface area contributed by atoms with Gasteiger partial charge in [-0.1, -0.05) is 6.92 Å². The van der Waals surface area contributed by atoms with Gasteiger partial charge >= 0.3 is 5.97 Å². The summed E-state index contributed by atoms with van der Waals surface area (Å²) in [6.45, 7) is 4.62. The number of hydrogen-bond acceptors (Lipinski definition) is 4. The predicted octanol–water partition coefficient (Wildman–Crippen LogP) is 1.14. The molecule has 0 fully saturated rings. The van der Waals surface area contributed by atoms with Crippen molar-refractivity contribution in [3.05, 3.63) is 24.0 Å². The molecule has 1 heterocycles. The number of anilines is 1. The largest absolute Gasteiger partial charge is 0.476 e. The molecule has 0 spiro atoms. The highest BCUT2D eigenvalue weighted by Crippen LogP contribution is 2.11. The van der Waals surface area contributed by atoms with E-state index in [4.69, 9.17) is 5.11 Å². The van der Waals surface area contributed by atoms with Crippen LogP contribution in [0.3, 0.4) is 0 Å². The molecule has 0 aliphatic heterocycles. The molecule has 5 nitrogen and oxygen atoms in total. The van der Waals surface area contributed by atoms with Crippen LogP contribution in [0.25, 0.3) is 0 Å². The molecule has 1 aromatic heterocycles. The minimum absolute atomic E-state index is 0.0710. The van der Waals surface area contributed by atoms with Gasteiger partial charge in [-0.15, -0.1) is 0 Å². The quantitative estimate of drug-likeness (QED) is 0.757. The van der Waals surface area contributed by atoms with Gasteiger partial charge in [0.1, 0.15) is 0 Å². The van der Waals surface area contributed by atoms with Gasteiger partial charge in [-0.3, -0.25) is 0 Å². The Morgan fingerprint density at radius 2 is 2.38 bits per heavy atom. The molecule has 0 unspecified atom stereocenters. The Morgan fingerprint density at radius 1 is 1.62 bits per heavy atom. The summed E-state index contributed by atoms with van der Waals surface area (Å²) in [5.74, 6) is -1.01. The van der Waals surface area contributed by atoms with Crippen LogP contribution in [0.2, 0.25) is 0 Å². The van der Waals surface area contributed by atoms with Crippen LogP contribution in [0.1, 0.15) is 17.4 Å². The van der Waals surface area contributed by atoms with Gasteiger partial charge < -0.3 is 15.3 Å². The van der Waals surface area contributed by atoms with Crippen molar-refractivity contribution in [1.82, 2.24) is 9.88 Å². The number of rotatable bonds is 6. The third-order valence-corrected chi connectivity index (χ3v) is 2.36. The molecule has 1 rings (SSSR count). The van der Waals surface area contributed by atoms with Crippen molar-refractivity contribution in [2.75, 3.05) is 32.0 Å². The molecular formula is C11H17N3O2. The van der Waals surface area contributed by atoms with Crippen molar-refractivity contribution in [2.24, 2.45) is 0 Å². The molecular weight excluding hydrogens is 206 g/mol. The first-order valence-electron chi connectivity index (χ1n) is 5.26. The smallest absolute Gasteiger partial charge is 0.356 e. The number of likely N-dealkylation sites (N-methyl/N-ethyl adjacent to an activating group) is 1. The summed E-state index contributed by atoms with van der Waals surface area (Å²) in [5.41, 5.74) is 0.640. The Hall–Kier alpha value is -1.62. The number of nitrogens with one attached hydrogen (secondary N) is 1. The number of pyridine rings is 1. The summed E-state index contributed by atoms with van der Waals surface area (Å²) in [5, 5.41) is 12.0. The van der Waals surface area contributed by atoms with Crippen molar-refractivity contribution >= 4 is 11.7 Å². The summed E-state index contributed by atoms with van der Waals surface area (Å²) in [6, 6.07) is 3.45. The Balaban J connectivity index is 2.56. The van der Waals surface area contributed by atoms with Gasteiger partial charge in [0.25, 0.3) is 0 Å². The predicted molar refractivity (Wildman–Crippen MR) is 62.9 cm³/mol. The van der Waals surface area contributed by atoms with E-state index < -0.39 is 5.97 Å². The summed E-state index contributed by atoms with van der Waals surface area (Å²) < 4.78 is 0. The van der Waals surface area contributed by atoms with Gasteiger partial charge in [0.15, 0.2) is 5.69 Å². The summed E-state index contributed by atoms with van der Waals surface area (Å²) >= 11 is 0. The molecule has 0 saturated heterocycles. The van der Waals surface area contributed by atoms with Gasteiger partial charge in [0.2, 0.25) is 0 Å². The standard InChI is InChI=1S/C11H17N3O2/c1-3-14(2)8-7-12-9-5-4-6-13-10(9)11(15)16/h4-6,12H,3,7-8H2,1-2H3,(H,15,16). The highest BCUT2D eigenvalue weighted by molar-refractivity contribution is 5.91. The Morgan fingerprint density at radius 3 is 3.00 bits per heavy atom. The fourth-order valence-corrected chi connectivity index (χ4v) is 1.26. The topological polar surface area (TPSA) is 65.5 Å². The summed E-state index contributed by atoms with van der Waals surface area (Å²) in [4.78, 5) is 16.8. The van der Waals surface area contributed by atoms with E-state index in [1.807, 2.05) is 7.05 Å². The van der Waals surface area contributed by atoms with E-state index in [1.165, 1.54) is 6.20 Å². The number of carboxylic acid groups (broad SMARTS) is 1. The SMILES string of the molecule is CCN(C)CCNc1cccnc1C(=O)O. The minimum Gasteiger partial charge on any atom is -0.476 e. The molecule has 88 valence electrons. The van der Waals surface area contributed by atoms with Gasteiger partial charge in [-0.05, 0) is 25.7 Å². The third-order valence-electron chi connectivity index (χ3n) is 2.36. The van der Waals surface area contributed by atoms with E-state index in [-0.39, 0.29) is 5.69 Å². The first-order chi connectivity index (χ1) is 7.65. The Kier molecular flexibility index (Phi) is 4.72. The first-order valence-corrected chi connectivity index (χ1v) is 5.26. The van der Waals surface area contributed by atoms with Crippen LogP contribution in [0.5, 0.6) is 0 Å². The van der Waals surface area contributed by atoms with Crippen LogP contribution >= 0.6 is 0 Å². The number of aromatic nitrogens is 1. The molecule has 1 aromatic rings. The monoisotopic (exact) mass is 223 g/mol. The second-order valence-corrected chi connectivity index (χ2v) is 3.53. The van der Waals surface area contributed by atoms with Gasteiger partial charge in [-0.2, -0.15) is 0 Å². The molecule has 0 atom stereocenters. The zero-order chi connectivity index (χ0) is 12.0.